The van der Waals surface area contributed by atoms with Crippen molar-refractivity contribution in [2.24, 2.45) is 5.92 Å². The van der Waals surface area contributed by atoms with Crippen molar-refractivity contribution in [1.82, 2.24) is 20.2 Å². The van der Waals surface area contributed by atoms with E-state index < -0.39 is 12.0 Å². The molecule has 1 fully saturated rings. The molecule has 1 amide bonds. The quantitative estimate of drug-likeness (QED) is 0.496. The number of likely N-dealkylation sites (tertiary alicyclic amines) is 1. The molecule has 4 rings (SSSR count). The number of piperidine rings is 1. The smallest absolute Gasteiger partial charge is 0.225 e. The first-order valence-electron chi connectivity index (χ1n) is 10.0. The number of thiazole rings is 1. The minimum Gasteiger partial charge on any atom is -0.483 e. The van der Waals surface area contributed by atoms with Crippen LogP contribution in [0.1, 0.15) is 29.6 Å². The van der Waals surface area contributed by atoms with Crippen LogP contribution in [0, 0.1) is 11.7 Å². The fraction of sp³-hybridized carbons (Fsp3) is 0.381. The molecular formula is C21H21Cl2FN4O3S. The predicted molar refractivity (Wildman–Crippen MR) is 121 cm³/mol. The molecule has 0 bridgehead atoms. The Balaban J connectivity index is 1.45. The number of carbonyl (C=O) groups excluding carboxylic acids is 1. The van der Waals surface area contributed by atoms with Gasteiger partial charge >= 0.3 is 0 Å². The molecule has 1 aromatic carbocycles. The lowest BCUT2D eigenvalue weighted by Crippen LogP contribution is -2.40. The van der Waals surface area contributed by atoms with E-state index in [0.717, 1.165) is 13.1 Å². The van der Waals surface area contributed by atoms with E-state index in [0.29, 0.717) is 33.2 Å². The third-order valence-corrected chi connectivity index (χ3v) is 6.83. The Morgan fingerprint density at radius 3 is 2.91 bits per heavy atom. The summed E-state index contributed by atoms with van der Waals surface area (Å²) in [5.74, 6) is -1.51. The second-order valence-corrected chi connectivity index (χ2v) is 9.54. The van der Waals surface area contributed by atoms with Crippen LogP contribution in [0.3, 0.4) is 0 Å². The highest BCUT2D eigenvalue weighted by Crippen LogP contribution is 2.32. The van der Waals surface area contributed by atoms with Gasteiger partial charge in [0, 0.05) is 12.1 Å². The van der Waals surface area contributed by atoms with Crippen LogP contribution < -0.4 is 10.1 Å². The van der Waals surface area contributed by atoms with Gasteiger partial charge in [-0.3, -0.25) is 4.79 Å². The summed E-state index contributed by atoms with van der Waals surface area (Å²) in [6.45, 7) is 1.58. The van der Waals surface area contributed by atoms with Gasteiger partial charge in [0.15, 0.2) is 17.8 Å². The summed E-state index contributed by atoms with van der Waals surface area (Å²) in [6, 6.07) is 4.48. The standard InChI is InChI=1S/C21H21Cl2FN4O3S/c1-28-6-4-11(5-7-28)19(29)27-20(30)17-13(23)2-3-15(18(17)24)31-10-16-26-14-8-12(22)9-25-21(14)32-16/h2-3,8-9,11,20,30H,4-7,10H2,1H3,(H,27,29). The van der Waals surface area contributed by atoms with Crippen molar-refractivity contribution >= 4 is 50.8 Å². The second kappa shape index (κ2) is 9.84. The maximum absolute atomic E-state index is 15.1. The number of hydrogen-bond donors (Lipinski definition) is 2. The number of aliphatic hydroxyl groups is 1. The number of rotatable bonds is 6. The van der Waals surface area contributed by atoms with Crippen LogP contribution >= 0.6 is 34.5 Å². The monoisotopic (exact) mass is 498 g/mol. The first kappa shape index (κ1) is 23.1. The summed E-state index contributed by atoms with van der Waals surface area (Å²) in [7, 11) is 1.99. The Hall–Kier alpha value is -2.04. The van der Waals surface area contributed by atoms with Gasteiger partial charge in [-0.1, -0.05) is 34.5 Å². The Bertz CT molecular complexity index is 1140. The van der Waals surface area contributed by atoms with Gasteiger partial charge in [-0.05, 0) is 51.2 Å². The molecule has 3 aromatic rings. The molecule has 1 unspecified atom stereocenters. The maximum Gasteiger partial charge on any atom is 0.225 e. The van der Waals surface area contributed by atoms with Crippen molar-refractivity contribution in [3.63, 3.8) is 0 Å². The van der Waals surface area contributed by atoms with Gasteiger partial charge in [0.2, 0.25) is 5.91 Å². The summed E-state index contributed by atoms with van der Waals surface area (Å²) in [6.07, 6.45) is 1.29. The van der Waals surface area contributed by atoms with Crippen LogP contribution in [0.25, 0.3) is 10.3 Å². The van der Waals surface area contributed by atoms with Crippen molar-refractivity contribution in [3.05, 3.63) is 50.8 Å². The zero-order valence-electron chi connectivity index (χ0n) is 17.1. The van der Waals surface area contributed by atoms with Crippen LogP contribution in [0.5, 0.6) is 5.75 Å². The van der Waals surface area contributed by atoms with Crippen molar-refractivity contribution in [1.29, 1.82) is 0 Å². The fourth-order valence-electron chi connectivity index (χ4n) is 3.55. The zero-order chi connectivity index (χ0) is 22.8. The molecule has 32 heavy (non-hydrogen) atoms. The van der Waals surface area contributed by atoms with E-state index >= 15 is 4.39 Å². The Kier molecular flexibility index (Phi) is 7.11. The van der Waals surface area contributed by atoms with Gasteiger partial charge < -0.3 is 20.1 Å². The van der Waals surface area contributed by atoms with Gasteiger partial charge in [0.1, 0.15) is 22.0 Å². The van der Waals surface area contributed by atoms with E-state index in [4.69, 9.17) is 27.9 Å². The minimum atomic E-state index is -1.59. The number of pyridine rings is 1. The van der Waals surface area contributed by atoms with Gasteiger partial charge in [-0.2, -0.15) is 0 Å². The number of amides is 1. The summed E-state index contributed by atoms with van der Waals surface area (Å²) < 4.78 is 20.7. The van der Waals surface area contributed by atoms with Crippen LogP contribution in [0.15, 0.2) is 24.4 Å². The van der Waals surface area contributed by atoms with Crippen LogP contribution in [-0.4, -0.2) is 46.0 Å². The summed E-state index contributed by atoms with van der Waals surface area (Å²) in [5, 5.41) is 14.0. The highest BCUT2D eigenvalue weighted by atomic mass is 35.5. The molecular weight excluding hydrogens is 478 g/mol. The Labute approximate surface area is 198 Å². The van der Waals surface area contributed by atoms with Gasteiger partial charge in [-0.15, -0.1) is 0 Å². The fourth-order valence-corrected chi connectivity index (χ4v) is 4.75. The number of benzene rings is 1. The molecule has 1 saturated heterocycles. The topological polar surface area (TPSA) is 87.6 Å². The maximum atomic E-state index is 15.1. The third kappa shape index (κ3) is 5.13. The normalized spacial score (nSPS) is 16.3. The van der Waals surface area contributed by atoms with E-state index in [1.54, 1.807) is 6.07 Å². The molecule has 1 aliphatic heterocycles. The Morgan fingerprint density at radius 1 is 1.41 bits per heavy atom. The molecule has 7 nitrogen and oxygen atoms in total. The molecule has 170 valence electrons. The number of aromatic nitrogens is 2. The lowest BCUT2D eigenvalue weighted by Gasteiger charge is -2.29. The van der Waals surface area contributed by atoms with Crippen molar-refractivity contribution < 1.29 is 19.0 Å². The number of aliphatic hydroxyl groups excluding tert-OH is 1. The number of nitrogens with one attached hydrogen (secondary N) is 1. The first-order valence-corrected chi connectivity index (χ1v) is 11.6. The minimum absolute atomic E-state index is 0.00527. The largest absolute Gasteiger partial charge is 0.483 e. The van der Waals surface area contributed by atoms with E-state index in [2.05, 4.69) is 20.2 Å². The molecule has 0 radical (unpaired) electrons. The van der Waals surface area contributed by atoms with Gasteiger partial charge in [0.25, 0.3) is 0 Å². The lowest BCUT2D eigenvalue weighted by atomic mass is 9.96. The molecule has 0 saturated carbocycles. The number of fused-ring (bicyclic) bond motifs is 1. The van der Waals surface area contributed by atoms with E-state index in [1.165, 1.54) is 29.7 Å². The van der Waals surface area contributed by atoms with E-state index in [1.807, 2.05) is 7.05 Å². The lowest BCUT2D eigenvalue weighted by molar-refractivity contribution is -0.129. The molecule has 1 atom stereocenters. The zero-order valence-corrected chi connectivity index (χ0v) is 19.5. The highest BCUT2D eigenvalue weighted by Gasteiger charge is 2.28. The Morgan fingerprint density at radius 2 is 2.16 bits per heavy atom. The summed E-state index contributed by atoms with van der Waals surface area (Å²) in [4.78, 5) is 23.9. The van der Waals surface area contributed by atoms with Crippen molar-refractivity contribution in [3.8, 4) is 5.75 Å². The van der Waals surface area contributed by atoms with Crippen molar-refractivity contribution in [2.75, 3.05) is 20.1 Å². The number of carbonyl (C=O) groups is 1. The molecule has 2 aromatic heterocycles. The second-order valence-electron chi connectivity index (χ2n) is 7.64. The predicted octanol–water partition coefficient (Wildman–Crippen LogP) is 4.17. The van der Waals surface area contributed by atoms with Crippen LogP contribution in [0.2, 0.25) is 10.0 Å². The average Bonchev–Trinajstić information content (AvgIpc) is 3.15. The molecule has 11 heteroatoms. The van der Waals surface area contributed by atoms with E-state index in [-0.39, 0.29) is 34.8 Å². The molecule has 2 N–H and O–H groups in total. The summed E-state index contributed by atoms with van der Waals surface area (Å²) in [5.41, 5.74) is 0.397. The van der Waals surface area contributed by atoms with Crippen molar-refractivity contribution in [2.45, 2.75) is 25.7 Å². The SMILES string of the molecule is CN1CCC(C(=O)NC(O)c2c(Cl)ccc(OCc3nc4cc(Cl)cnc4s3)c2F)CC1. The molecule has 0 aliphatic carbocycles. The molecule has 1 aliphatic rings. The molecule has 3 heterocycles. The number of halogens is 3. The third-order valence-electron chi connectivity index (χ3n) is 5.34. The van der Waals surface area contributed by atoms with Gasteiger partial charge in [-0.25, -0.2) is 14.4 Å². The van der Waals surface area contributed by atoms with Crippen LogP contribution in [-0.2, 0) is 11.4 Å². The van der Waals surface area contributed by atoms with Crippen LogP contribution in [0.4, 0.5) is 4.39 Å². The van der Waals surface area contributed by atoms with E-state index in [9.17, 15) is 9.90 Å². The first-order chi connectivity index (χ1) is 15.3. The number of hydrogen-bond acceptors (Lipinski definition) is 7. The molecule has 0 spiro atoms. The summed E-state index contributed by atoms with van der Waals surface area (Å²) >= 11 is 13.4. The number of ether oxygens (including phenoxy) is 1. The number of nitrogens with zero attached hydrogens (tertiary/aromatic N) is 3. The highest BCUT2D eigenvalue weighted by molar-refractivity contribution is 7.18. The average molecular weight is 499 g/mol. The van der Waals surface area contributed by atoms with Gasteiger partial charge in [0.05, 0.1) is 15.6 Å².